The maximum Gasteiger partial charge on any atom is 0.326 e. The number of aliphatic carboxylic acids is 1. The molecule has 1 aliphatic heterocycles. The number of ketones is 1. The summed E-state index contributed by atoms with van der Waals surface area (Å²) in [5, 5.41) is 15.0. The predicted octanol–water partition coefficient (Wildman–Crippen LogP) is 8.36. The molecule has 4 rings (SSSR count). The fraction of sp³-hybridized carbons (Fsp3) is 0.526. The van der Waals surface area contributed by atoms with E-state index in [1.54, 1.807) is 36.4 Å². The molecule has 0 spiro atoms. The second-order valence-electron chi connectivity index (χ2n) is 13.7. The Labute approximate surface area is 288 Å². The van der Waals surface area contributed by atoms with Crippen LogP contribution in [0.4, 0.5) is 0 Å². The van der Waals surface area contributed by atoms with Crippen LogP contribution in [-0.2, 0) is 20.4 Å². The first kappa shape index (κ1) is 38.4. The predicted molar refractivity (Wildman–Crippen MR) is 196 cm³/mol. The second-order valence-corrected chi connectivity index (χ2v) is 16.4. The van der Waals surface area contributed by atoms with Crippen molar-refractivity contribution in [3.05, 3.63) is 76.4 Å². The zero-order chi connectivity index (χ0) is 34.5. The summed E-state index contributed by atoms with van der Waals surface area (Å²) < 4.78 is 0. The molecule has 1 atom stereocenters. The highest BCUT2D eigenvalue weighted by atomic mass is 33.1. The molecule has 3 N–H and O–H groups in total. The second kappa shape index (κ2) is 18.5. The van der Waals surface area contributed by atoms with Crippen LogP contribution in [0.1, 0.15) is 130 Å². The lowest BCUT2D eigenvalue weighted by Crippen LogP contribution is -2.40. The maximum atomic E-state index is 13.0. The van der Waals surface area contributed by atoms with Crippen molar-refractivity contribution in [1.82, 2.24) is 10.6 Å². The van der Waals surface area contributed by atoms with E-state index >= 15 is 0 Å². The molecular formula is C38H52N2O5S2. The normalized spacial score (nSPS) is 16.8. The first-order valence-corrected chi connectivity index (χ1v) is 19.3. The standard InChI is InChI=1S/C35H46N2O5.C3H6S2/c1-6-7-11-31(39)36-22-9-8-10-29(33(41)42)37-32(40)25-15-12-24(13-16-25)14-19-30(38)26-17-18-27-28(23-26)35(4,5)21-20-34(27,2)3;1-2-4-5-3-1/h12-19,23,29H,6-11,20-22H2,1-5H3,(H,36,39)(H,37,40)(H,41,42);1-3H2/b19-14+;. The molecule has 0 bridgehead atoms. The molecule has 0 aromatic heterocycles. The fourth-order valence-electron chi connectivity index (χ4n) is 5.68. The SMILES string of the molecule is C1CSSC1.CCCCC(=O)NCCCCC(NC(=O)c1ccc(/C=C/C(=O)c2ccc3c(c2)C(C)(C)CCC3(C)C)cc1)C(=O)O. The number of unbranched alkanes of at least 4 members (excludes halogenated alkanes) is 2. The van der Waals surface area contributed by atoms with E-state index in [-0.39, 0.29) is 28.9 Å². The first-order valence-electron chi connectivity index (χ1n) is 16.9. The molecular weight excluding hydrogens is 629 g/mol. The van der Waals surface area contributed by atoms with Crippen LogP contribution in [0.25, 0.3) is 6.08 Å². The van der Waals surface area contributed by atoms with Gasteiger partial charge in [-0.25, -0.2) is 4.79 Å². The minimum atomic E-state index is -1.09. The third-order valence-electron chi connectivity index (χ3n) is 8.88. The third kappa shape index (κ3) is 12.2. The van der Waals surface area contributed by atoms with E-state index in [9.17, 15) is 24.3 Å². The Balaban J connectivity index is 0.00000109. The molecule has 256 valence electrons. The van der Waals surface area contributed by atoms with Gasteiger partial charge in [0, 0.05) is 35.6 Å². The van der Waals surface area contributed by atoms with Gasteiger partial charge < -0.3 is 15.7 Å². The number of fused-ring (bicyclic) bond motifs is 1. The lowest BCUT2D eigenvalue weighted by Gasteiger charge is -2.42. The van der Waals surface area contributed by atoms with Crippen molar-refractivity contribution in [2.45, 2.75) is 109 Å². The van der Waals surface area contributed by atoms with E-state index < -0.39 is 17.9 Å². The Morgan fingerprint density at radius 2 is 1.51 bits per heavy atom. The summed E-state index contributed by atoms with van der Waals surface area (Å²) in [7, 11) is 3.98. The number of carbonyl (C=O) groups is 4. The van der Waals surface area contributed by atoms with Crippen molar-refractivity contribution in [2.75, 3.05) is 18.1 Å². The Kier molecular flexibility index (Phi) is 15.1. The average molecular weight is 681 g/mol. The van der Waals surface area contributed by atoms with Crippen molar-refractivity contribution in [2.24, 2.45) is 0 Å². The van der Waals surface area contributed by atoms with Gasteiger partial charge in [0.25, 0.3) is 5.91 Å². The molecule has 47 heavy (non-hydrogen) atoms. The zero-order valence-electron chi connectivity index (χ0n) is 28.7. The molecule has 7 nitrogen and oxygen atoms in total. The van der Waals surface area contributed by atoms with E-state index in [1.165, 1.54) is 29.1 Å². The van der Waals surface area contributed by atoms with Crippen molar-refractivity contribution in [3.8, 4) is 0 Å². The van der Waals surface area contributed by atoms with Crippen LogP contribution in [0.2, 0.25) is 0 Å². The Morgan fingerprint density at radius 3 is 2.11 bits per heavy atom. The van der Waals surface area contributed by atoms with E-state index in [4.69, 9.17) is 0 Å². The van der Waals surface area contributed by atoms with Crippen LogP contribution in [0.15, 0.2) is 48.5 Å². The molecule has 2 aromatic carbocycles. The van der Waals surface area contributed by atoms with E-state index in [0.29, 0.717) is 36.9 Å². The van der Waals surface area contributed by atoms with Crippen molar-refractivity contribution in [1.29, 1.82) is 0 Å². The van der Waals surface area contributed by atoms with Crippen LogP contribution in [0, 0.1) is 0 Å². The minimum Gasteiger partial charge on any atom is -0.480 e. The van der Waals surface area contributed by atoms with Gasteiger partial charge in [-0.2, -0.15) is 0 Å². The lowest BCUT2D eigenvalue weighted by atomic mass is 9.63. The summed E-state index contributed by atoms with van der Waals surface area (Å²) in [6.07, 6.45) is 10.7. The molecule has 1 aliphatic carbocycles. The van der Waals surface area contributed by atoms with Crippen molar-refractivity contribution >= 4 is 51.2 Å². The monoisotopic (exact) mass is 680 g/mol. The molecule has 0 radical (unpaired) electrons. The largest absolute Gasteiger partial charge is 0.480 e. The smallest absolute Gasteiger partial charge is 0.326 e. The molecule has 0 saturated carbocycles. The first-order chi connectivity index (χ1) is 22.3. The Hall–Kier alpha value is -3.04. The number of hydrogen-bond donors (Lipinski definition) is 3. The summed E-state index contributed by atoms with van der Waals surface area (Å²) in [6, 6.07) is 11.7. The van der Waals surface area contributed by atoms with Crippen LogP contribution in [0.5, 0.6) is 0 Å². The highest BCUT2D eigenvalue weighted by Crippen LogP contribution is 2.46. The topological polar surface area (TPSA) is 113 Å². The molecule has 2 amide bonds. The van der Waals surface area contributed by atoms with Gasteiger partial charge >= 0.3 is 5.97 Å². The van der Waals surface area contributed by atoms with Crippen LogP contribution < -0.4 is 10.6 Å². The van der Waals surface area contributed by atoms with Gasteiger partial charge in [-0.05, 0) is 96.7 Å². The zero-order valence-corrected chi connectivity index (χ0v) is 30.3. The number of carbonyl (C=O) groups excluding carboxylic acids is 3. The third-order valence-corrected chi connectivity index (χ3v) is 11.5. The highest BCUT2D eigenvalue weighted by Gasteiger charge is 2.37. The summed E-state index contributed by atoms with van der Waals surface area (Å²) >= 11 is 0. The molecule has 1 fully saturated rings. The van der Waals surface area contributed by atoms with Gasteiger partial charge in [0.15, 0.2) is 5.78 Å². The summed E-state index contributed by atoms with van der Waals surface area (Å²) in [6.45, 7) is 11.5. The van der Waals surface area contributed by atoms with Gasteiger partial charge in [0.05, 0.1) is 0 Å². The van der Waals surface area contributed by atoms with Crippen LogP contribution >= 0.6 is 21.6 Å². The molecule has 9 heteroatoms. The number of benzene rings is 2. The van der Waals surface area contributed by atoms with Gasteiger partial charge in [0.1, 0.15) is 6.04 Å². The van der Waals surface area contributed by atoms with E-state index in [2.05, 4.69) is 44.4 Å². The quantitative estimate of drug-likeness (QED) is 0.0796. The number of carboxylic acid groups (broad SMARTS) is 1. The Morgan fingerprint density at radius 1 is 0.872 bits per heavy atom. The van der Waals surface area contributed by atoms with Crippen LogP contribution in [0.3, 0.4) is 0 Å². The number of hydrogen-bond acceptors (Lipinski definition) is 6. The van der Waals surface area contributed by atoms with Crippen LogP contribution in [-0.4, -0.2) is 52.8 Å². The molecule has 2 aliphatic rings. The number of allylic oxidation sites excluding steroid dienone is 1. The molecule has 2 aromatic rings. The van der Waals surface area contributed by atoms with Gasteiger partial charge in [0.2, 0.25) is 5.91 Å². The van der Waals surface area contributed by atoms with Crippen molar-refractivity contribution < 1.29 is 24.3 Å². The Bertz CT molecular complexity index is 1390. The average Bonchev–Trinajstić information content (AvgIpc) is 3.65. The van der Waals surface area contributed by atoms with Gasteiger partial charge in [-0.1, -0.05) is 93.0 Å². The lowest BCUT2D eigenvalue weighted by molar-refractivity contribution is -0.139. The summed E-state index contributed by atoms with van der Waals surface area (Å²) in [5.74, 6) is 1.12. The number of carboxylic acids is 1. The fourth-order valence-corrected chi connectivity index (χ4v) is 8.03. The number of amides is 2. The molecule has 1 heterocycles. The number of nitrogens with one attached hydrogen (secondary N) is 2. The van der Waals surface area contributed by atoms with Gasteiger partial charge in [-0.15, -0.1) is 0 Å². The van der Waals surface area contributed by atoms with Gasteiger partial charge in [-0.3, -0.25) is 14.4 Å². The van der Waals surface area contributed by atoms with E-state index in [0.717, 1.165) is 31.2 Å². The molecule has 1 unspecified atom stereocenters. The number of rotatable bonds is 14. The van der Waals surface area contributed by atoms with Crippen molar-refractivity contribution in [3.63, 3.8) is 0 Å². The minimum absolute atomic E-state index is 0.00867. The molecule has 1 saturated heterocycles. The maximum absolute atomic E-state index is 13.0. The highest BCUT2D eigenvalue weighted by molar-refractivity contribution is 8.77. The summed E-state index contributed by atoms with van der Waals surface area (Å²) in [5.41, 5.74) is 4.42. The van der Waals surface area contributed by atoms with E-state index in [1.807, 2.05) is 40.6 Å². The summed E-state index contributed by atoms with van der Waals surface area (Å²) in [4.78, 5) is 49.1.